The van der Waals surface area contributed by atoms with E-state index in [-0.39, 0.29) is 11.4 Å². The van der Waals surface area contributed by atoms with Crippen molar-refractivity contribution in [3.05, 3.63) is 23.9 Å². The first kappa shape index (κ1) is 14.7. The van der Waals surface area contributed by atoms with Gasteiger partial charge in [0, 0.05) is 11.8 Å². The maximum atomic E-state index is 12.5. The molecule has 8 heteroatoms. The van der Waals surface area contributed by atoms with Gasteiger partial charge in [0.1, 0.15) is 18.5 Å². The van der Waals surface area contributed by atoms with Crippen molar-refractivity contribution < 1.29 is 27.4 Å². The number of nitrogen functional groups attached to an aromatic ring is 1. The lowest BCUT2D eigenvalue weighted by molar-refractivity contribution is -0.170. The summed E-state index contributed by atoms with van der Waals surface area (Å²) in [5.74, 6) is -4.21. The Kier molecular flexibility index (Phi) is 4.85. The summed E-state index contributed by atoms with van der Waals surface area (Å²) < 4.78 is 52.9. The maximum absolute atomic E-state index is 12.5. The molecule has 18 heavy (non-hydrogen) atoms. The molecule has 0 aliphatic carbocycles. The van der Waals surface area contributed by atoms with Gasteiger partial charge in [0.05, 0.1) is 6.61 Å². The fourth-order valence-corrected chi connectivity index (χ4v) is 1.17. The molecule has 0 amide bonds. The standard InChI is InChI=1S/C10H12F4N2O2/c11-9(12)10(13,14)5-18-4-7(17)6-2-1-3-16-8(6)15/h1-3,7,9,17H,4-5H2,(H2,15,16). The topological polar surface area (TPSA) is 68.4 Å². The Labute approximate surface area is 100 Å². The Bertz CT molecular complexity index is 390. The Morgan fingerprint density at radius 1 is 1.44 bits per heavy atom. The van der Waals surface area contributed by atoms with Crippen LogP contribution in [0.3, 0.4) is 0 Å². The molecule has 1 unspecified atom stereocenters. The van der Waals surface area contributed by atoms with Crippen molar-refractivity contribution in [1.82, 2.24) is 4.98 Å². The summed E-state index contributed by atoms with van der Waals surface area (Å²) >= 11 is 0. The number of alkyl halides is 4. The van der Waals surface area contributed by atoms with E-state index >= 15 is 0 Å². The highest BCUT2D eigenvalue weighted by Gasteiger charge is 2.41. The molecule has 0 saturated heterocycles. The molecule has 0 spiro atoms. The van der Waals surface area contributed by atoms with Crippen molar-refractivity contribution in [3.63, 3.8) is 0 Å². The van der Waals surface area contributed by atoms with Gasteiger partial charge in [0.2, 0.25) is 0 Å². The number of ether oxygens (including phenoxy) is 1. The van der Waals surface area contributed by atoms with Crippen LogP contribution in [-0.2, 0) is 4.74 Å². The third-order valence-electron chi connectivity index (χ3n) is 2.12. The Hall–Kier alpha value is -1.41. The zero-order valence-electron chi connectivity index (χ0n) is 9.19. The number of aliphatic hydroxyl groups is 1. The fourth-order valence-electron chi connectivity index (χ4n) is 1.17. The molecule has 0 aliphatic rings. The molecule has 0 saturated carbocycles. The quantitative estimate of drug-likeness (QED) is 0.769. The molecular formula is C10H12F4N2O2. The third kappa shape index (κ3) is 3.81. The molecule has 1 aromatic rings. The number of hydrogen-bond donors (Lipinski definition) is 2. The summed E-state index contributed by atoms with van der Waals surface area (Å²) in [6, 6.07) is 2.92. The molecule has 0 fully saturated rings. The van der Waals surface area contributed by atoms with Crippen LogP contribution in [-0.4, -0.2) is 35.7 Å². The number of hydrogen-bond acceptors (Lipinski definition) is 4. The lowest BCUT2D eigenvalue weighted by Gasteiger charge is -2.17. The zero-order chi connectivity index (χ0) is 13.8. The van der Waals surface area contributed by atoms with Crippen LogP contribution in [0.1, 0.15) is 11.7 Å². The van der Waals surface area contributed by atoms with Crippen LogP contribution in [0.25, 0.3) is 0 Å². The van der Waals surface area contributed by atoms with Crippen molar-refractivity contribution >= 4 is 5.82 Å². The van der Waals surface area contributed by atoms with Gasteiger partial charge in [0.25, 0.3) is 0 Å². The summed E-state index contributed by atoms with van der Waals surface area (Å²) in [4.78, 5) is 3.68. The fraction of sp³-hybridized carbons (Fsp3) is 0.500. The van der Waals surface area contributed by atoms with Gasteiger partial charge >= 0.3 is 12.3 Å². The van der Waals surface area contributed by atoms with E-state index in [1.807, 2.05) is 0 Å². The smallest absolute Gasteiger partial charge is 0.330 e. The molecule has 0 bridgehead atoms. The minimum atomic E-state index is -4.24. The lowest BCUT2D eigenvalue weighted by Crippen LogP contribution is -2.33. The summed E-state index contributed by atoms with van der Waals surface area (Å²) in [5, 5.41) is 9.56. The molecule has 1 rings (SSSR count). The molecule has 1 aromatic heterocycles. The predicted octanol–water partition coefficient (Wildman–Crippen LogP) is 1.61. The molecule has 0 radical (unpaired) electrons. The SMILES string of the molecule is Nc1ncccc1C(O)COCC(F)(F)C(F)F. The van der Waals surface area contributed by atoms with Crippen molar-refractivity contribution in [1.29, 1.82) is 0 Å². The summed E-state index contributed by atoms with van der Waals surface area (Å²) in [6.45, 7) is -2.04. The third-order valence-corrected chi connectivity index (χ3v) is 2.12. The number of nitrogens with two attached hydrogens (primary N) is 1. The number of halogens is 4. The van der Waals surface area contributed by atoms with Gasteiger partial charge in [-0.1, -0.05) is 6.07 Å². The van der Waals surface area contributed by atoms with Crippen LogP contribution >= 0.6 is 0 Å². The number of anilines is 1. The zero-order valence-corrected chi connectivity index (χ0v) is 9.19. The second kappa shape index (κ2) is 5.96. The van der Waals surface area contributed by atoms with Crippen molar-refractivity contribution in [2.24, 2.45) is 0 Å². The molecule has 3 N–H and O–H groups in total. The lowest BCUT2D eigenvalue weighted by atomic mass is 10.1. The van der Waals surface area contributed by atoms with Gasteiger partial charge in [-0.2, -0.15) is 8.78 Å². The molecule has 1 atom stereocenters. The van der Waals surface area contributed by atoms with Crippen LogP contribution in [0.2, 0.25) is 0 Å². The molecule has 0 aromatic carbocycles. The highest BCUT2D eigenvalue weighted by molar-refractivity contribution is 5.39. The van der Waals surface area contributed by atoms with E-state index < -0.39 is 31.7 Å². The molecule has 0 aliphatic heterocycles. The molecule has 102 valence electrons. The van der Waals surface area contributed by atoms with Crippen LogP contribution in [0.4, 0.5) is 23.4 Å². The maximum Gasteiger partial charge on any atom is 0.330 e. The first-order chi connectivity index (χ1) is 8.34. The monoisotopic (exact) mass is 268 g/mol. The van der Waals surface area contributed by atoms with E-state index in [1.54, 1.807) is 0 Å². The minimum absolute atomic E-state index is 0.0224. The first-order valence-corrected chi connectivity index (χ1v) is 4.96. The van der Waals surface area contributed by atoms with E-state index in [2.05, 4.69) is 9.72 Å². The van der Waals surface area contributed by atoms with Crippen molar-refractivity contribution in [3.8, 4) is 0 Å². The van der Waals surface area contributed by atoms with E-state index in [0.29, 0.717) is 0 Å². The average molecular weight is 268 g/mol. The number of aliphatic hydroxyl groups excluding tert-OH is 1. The minimum Gasteiger partial charge on any atom is -0.386 e. The second-order valence-corrected chi connectivity index (χ2v) is 3.57. The summed E-state index contributed by atoms with van der Waals surface area (Å²) in [7, 11) is 0. The van der Waals surface area contributed by atoms with Crippen LogP contribution in [0.5, 0.6) is 0 Å². The van der Waals surface area contributed by atoms with E-state index in [1.165, 1.54) is 18.3 Å². The van der Waals surface area contributed by atoms with Gasteiger partial charge in [0.15, 0.2) is 0 Å². The van der Waals surface area contributed by atoms with Gasteiger partial charge in [-0.25, -0.2) is 13.8 Å². The predicted molar refractivity (Wildman–Crippen MR) is 55.4 cm³/mol. The Balaban J connectivity index is 2.48. The van der Waals surface area contributed by atoms with E-state index in [4.69, 9.17) is 5.73 Å². The van der Waals surface area contributed by atoms with Gasteiger partial charge < -0.3 is 15.6 Å². The number of rotatable bonds is 6. The van der Waals surface area contributed by atoms with Crippen molar-refractivity contribution in [2.45, 2.75) is 18.5 Å². The second-order valence-electron chi connectivity index (χ2n) is 3.57. The average Bonchev–Trinajstić information content (AvgIpc) is 2.29. The largest absolute Gasteiger partial charge is 0.386 e. The van der Waals surface area contributed by atoms with Crippen LogP contribution in [0, 0.1) is 0 Å². The van der Waals surface area contributed by atoms with E-state index in [9.17, 15) is 22.7 Å². The normalized spacial score (nSPS) is 13.9. The van der Waals surface area contributed by atoms with Gasteiger partial charge in [-0.15, -0.1) is 0 Å². The van der Waals surface area contributed by atoms with E-state index in [0.717, 1.165) is 0 Å². The summed E-state index contributed by atoms with van der Waals surface area (Å²) in [5.41, 5.74) is 5.62. The van der Waals surface area contributed by atoms with Gasteiger partial charge in [-0.05, 0) is 6.07 Å². The van der Waals surface area contributed by atoms with Crippen LogP contribution < -0.4 is 5.73 Å². The van der Waals surface area contributed by atoms with Crippen molar-refractivity contribution in [2.75, 3.05) is 18.9 Å². The number of aromatic nitrogens is 1. The molecular weight excluding hydrogens is 256 g/mol. The first-order valence-electron chi connectivity index (χ1n) is 4.96. The highest BCUT2D eigenvalue weighted by Crippen LogP contribution is 2.24. The Morgan fingerprint density at radius 3 is 2.67 bits per heavy atom. The highest BCUT2D eigenvalue weighted by atomic mass is 19.3. The summed E-state index contributed by atoms with van der Waals surface area (Å²) in [6.07, 6.45) is -3.72. The molecule has 1 heterocycles. The number of pyridine rings is 1. The molecule has 4 nitrogen and oxygen atoms in total. The number of nitrogens with zero attached hydrogens (tertiary/aromatic N) is 1. The van der Waals surface area contributed by atoms with Crippen LogP contribution in [0.15, 0.2) is 18.3 Å². The van der Waals surface area contributed by atoms with Gasteiger partial charge in [-0.3, -0.25) is 0 Å². The Morgan fingerprint density at radius 2 is 2.11 bits per heavy atom.